The maximum Gasteiger partial charge on any atom is 0.261 e. The smallest absolute Gasteiger partial charge is 0.261 e. The molecule has 3 nitrogen and oxygen atoms in total. The zero-order valence-corrected chi connectivity index (χ0v) is 8.78. The van der Waals surface area contributed by atoms with Crippen molar-refractivity contribution >= 4 is 29.1 Å². The molecule has 2 amide bonds. The van der Waals surface area contributed by atoms with Crippen molar-refractivity contribution in [1.82, 2.24) is 0 Å². The van der Waals surface area contributed by atoms with Gasteiger partial charge in [0.05, 0.1) is 10.7 Å². The Balaban J connectivity index is 2.47. The first-order valence-corrected chi connectivity index (χ1v) is 4.80. The van der Waals surface area contributed by atoms with Crippen molar-refractivity contribution in [3.63, 3.8) is 0 Å². The van der Waals surface area contributed by atoms with Gasteiger partial charge in [-0.25, -0.2) is 4.90 Å². The van der Waals surface area contributed by atoms with Gasteiger partial charge >= 0.3 is 0 Å². The van der Waals surface area contributed by atoms with Gasteiger partial charge in [-0.1, -0.05) is 23.7 Å². The highest BCUT2D eigenvalue weighted by atomic mass is 35.5. The first-order valence-electron chi connectivity index (χ1n) is 4.42. The van der Waals surface area contributed by atoms with Crippen molar-refractivity contribution in [2.75, 3.05) is 4.90 Å². The van der Waals surface area contributed by atoms with Crippen LogP contribution in [0.4, 0.5) is 5.69 Å². The molecule has 0 aliphatic carbocycles. The Morgan fingerprint density at radius 2 is 1.87 bits per heavy atom. The lowest BCUT2D eigenvalue weighted by atomic mass is 10.3. The fraction of sp³-hybridized carbons (Fsp3) is 0.0909. The third-order valence-electron chi connectivity index (χ3n) is 2.19. The minimum Gasteiger partial charge on any atom is -0.269 e. The topological polar surface area (TPSA) is 37.4 Å². The van der Waals surface area contributed by atoms with Gasteiger partial charge in [0.25, 0.3) is 11.8 Å². The van der Waals surface area contributed by atoms with Crippen LogP contribution in [0, 0.1) is 0 Å². The Morgan fingerprint density at radius 3 is 2.40 bits per heavy atom. The van der Waals surface area contributed by atoms with E-state index in [1.165, 1.54) is 6.08 Å². The lowest BCUT2D eigenvalue weighted by Gasteiger charge is -2.15. The fourth-order valence-corrected chi connectivity index (χ4v) is 1.67. The van der Waals surface area contributed by atoms with Crippen molar-refractivity contribution in [2.45, 2.75) is 6.92 Å². The Bertz CT molecular complexity index is 479. The lowest BCUT2D eigenvalue weighted by Crippen LogP contribution is -2.30. The Kier molecular flexibility index (Phi) is 2.32. The lowest BCUT2D eigenvalue weighted by molar-refractivity contribution is -0.120. The molecular weight excluding hydrogens is 214 g/mol. The zero-order chi connectivity index (χ0) is 11.0. The summed E-state index contributed by atoms with van der Waals surface area (Å²) in [5, 5.41) is 0.391. The van der Waals surface area contributed by atoms with Gasteiger partial charge in [0.1, 0.15) is 0 Å². The summed E-state index contributed by atoms with van der Waals surface area (Å²) in [6.07, 6.45) is 1.31. The monoisotopic (exact) mass is 221 g/mol. The van der Waals surface area contributed by atoms with Gasteiger partial charge in [0.15, 0.2) is 0 Å². The summed E-state index contributed by atoms with van der Waals surface area (Å²) >= 11 is 5.91. The van der Waals surface area contributed by atoms with Gasteiger partial charge in [-0.3, -0.25) is 9.59 Å². The van der Waals surface area contributed by atoms with Crippen LogP contribution in [0.15, 0.2) is 35.9 Å². The quantitative estimate of drug-likeness (QED) is 0.682. The first-order chi connectivity index (χ1) is 7.11. The second-order valence-electron chi connectivity index (χ2n) is 3.26. The van der Waals surface area contributed by atoms with Crippen LogP contribution in [-0.4, -0.2) is 11.8 Å². The molecular formula is C11H8ClNO2. The molecule has 4 heteroatoms. The minimum absolute atomic E-state index is 0.312. The van der Waals surface area contributed by atoms with Crippen LogP contribution in [0.25, 0.3) is 0 Å². The van der Waals surface area contributed by atoms with E-state index >= 15 is 0 Å². The maximum absolute atomic E-state index is 11.6. The molecule has 0 unspecified atom stereocenters. The van der Waals surface area contributed by atoms with Crippen molar-refractivity contribution in [3.05, 3.63) is 40.9 Å². The number of imide groups is 1. The summed E-state index contributed by atoms with van der Waals surface area (Å²) in [7, 11) is 0. The predicted octanol–water partition coefficient (Wildman–Crippen LogP) is 2.16. The molecule has 0 N–H and O–H groups in total. The van der Waals surface area contributed by atoms with Crippen molar-refractivity contribution in [1.29, 1.82) is 0 Å². The molecule has 1 aliphatic heterocycles. The number of rotatable bonds is 1. The van der Waals surface area contributed by atoms with E-state index in [9.17, 15) is 9.59 Å². The number of anilines is 1. The summed E-state index contributed by atoms with van der Waals surface area (Å²) in [5.74, 6) is -0.654. The van der Waals surface area contributed by atoms with Gasteiger partial charge in [-0.05, 0) is 19.1 Å². The molecule has 1 aromatic carbocycles. The highest BCUT2D eigenvalue weighted by Gasteiger charge is 2.30. The summed E-state index contributed by atoms with van der Waals surface area (Å²) in [6.45, 7) is 1.61. The molecule has 0 atom stereocenters. The van der Waals surface area contributed by atoms with E-state index < -0.39 is 0 Å². The minimum atomic E-state index is -0.342. The first kappa shape index (κ1) is 9.93. The number of halogens is 1. The highest BCUT2D eigenvalue weighted by Crippen LogP contribution is 2.29. The molecule has 0 bridgehead atoms. The zero-order valence-electron chi connectivity index (χ0n) is 8.03. The van der Waals surface area contributed by atoms with E-state index in [-0.39, 0.29) is 11.8 Å². The number of para-hydroxylation sites is 1. The molecule has 0 aromatic heterocycles. The number of carbonyl (C=O) groups excluding carboxylic acids is 2. The van der Waals surface area contributed by atoms with Crippen LogP contribution >= 0.6 is 11.6 Å². The average molecular weight is 222 g/mol. The SMILES string of the molecule is CC1=CC(=O)N(c2ccccc2Cl)C1=O. The molecule has 1 heterocycles. The molecule has 15 heavy (non-hydrogen) atoms. The maximum atomic E-state index is 11.6. The number of carbonyl (C=O) groups is 2. The summed E-state index contributed by atoms with van der Waals surface area (Å²) in [5.41, 5.74) is 0.863. The van der Waals surface area contributed by atoms with E-state index in [0.29, 0.717) is 16.3 Å². The number of hydrogen-bond acceptors (Lipinski definition) is 2. The van der Waals surface area contributed by atoms with E-state index in [2.05, 4.69) is 0 Å². The second-order valence-corrected chi connectivity index (χ2v) is 3.66. The van der Waals surface area contributed by atoms with Gasteiger partial charge in [0, 0.05) is 11.6 Å². The second kappa shape index (κ2) is 3.51. The van der Waals surface area contributed by atoms with Crippen molar-refractivity contribution < 1.29 is 9.59 Å². The van der Waals surface area contributed by atoms with Crippen molar-refractivity contribution in [2.24, 2.45) is 0 Å². The highest BCUT2D eigenvalue weighted by molar-refractivity contribution is 6.38. The van der Waals surface area contributed by atoms with Crippen LogP contribution in [0.3, 0.4) is 0 Å². The van der Waals surface area contributed by atoms with E-state index in [1.807, 2.05) is 0 Å². The average Bonchev–Trinajstić information content (AvgIpc) is 2.43. The van der Waals surface area contributed by atoms with Gasteiger partial charge in [-0.2, -0.15) is 0 Å². The van der Waals surface area contributed by atoms with E-state index in [1.54, 1.807) is 31.2 Å². The van der Waals surface area contributed by atoms with Crippen LogP contribution in [-0.2, 0) is 9.59 Å². The van der Waals surface area contributed by atoms with Crippen molar-refractivity contribution in [3.8, 4) is 0 Å². The molecule has 0 spiro atoms. The largest absolute Gasteiger partial charge is 0.269 e. The van der Waals surface area contributed by atoms with Gasteiger partial charge in [-0.15, -0.1) is 0 Å². The molecule has 0 saturated carbocycles. The molecule has 76 valence electrons. The third-order valence-corrected chi connectivity index (χ3v) is 2.51. The number of hydrogen-bond donors (Lipinski definition) is 0. The molecule has 1 aliphatic rings. The third kappa shape index (κ3) is 1.55. The number of amides is 2. The normalized spacial score (nSPS) is 15.9. The van der Waals surface area contributed by atoms with E-state index in [0.717, 1.165) is 4.90 Å². The van der Waals surface area contributed by atoms with Gasteiger partial charge in [0.2, 0.25) is 0 Å². The standard InChI is InChI=1S/C11H8ClNO2/c1-7-6-10(14)13(11(7)15)9-5-3-2-4-8(9)12/h2-6H,1H3. The number of nitrogens with zero attached hydrogens (tertiary/aromatic N) is 1. The van der Waals surface area contributed by atoms with Crippen LogP contribution in [0.5, 0.6) is 0 Å². The fourth-order valence-electron chi connectivity index (χ4n) is 1.45. The van der Waals surface area contributed by atoms with E-state index in [4.69, 9.17) is 11.6 Å². The molecule has 2 rings (SSSR count). The molecule has 1 aromatic rings. The van der Waals surface area contributed by atoms with Crippen LogP contribution in [0.2, 0.25) is 5.02 Å². The predicted molar refractivity (Wildman–Crippen MR) is 57.7 cm³/mol. The Labute approximate surface area is 91.9 Å². The molecule has 0 saturated heterocycles. The Morgan fingerprint density at radius 1 is 1.20 bits per heavy atom. The molecule has 0 radical (unpaired) electrons. The van der Waals surface area contributed by atoms with Crippen LogP contribution < -0.4 is 4.90 Å². The summed E-state index contributed by atoms with van der Waals surface area (Å²) in [6, 6.07) is 6.77. The summed E-state index contributed by atoms with van der Waals surface area (Å²) < 4.78 is 0. The Hall–Kier alpha value is -1.61. The number of benzene rings is 1. The molecule has 0 fully saturated rings. The van der Waals surface area contributed by atoms with Crippen LogP contribution in [0.1, 0.15) is 6.92 Å². The van der Waals surface area contributed by atoms with Gasteiger partial charge < -0.3 is 0 Å². The summed E-state index contributed by atoms with van der Waals surface area (Å²) in [4.78, 5) is 24.2.